The molecule has 1 aromatic heterocycles. The second-order valence-corrected chi connectivity index (χ2v) is 8.87. The Kier molecular flexibility index (Phi) is 5.22. The van der Waals surface area contributed by atoms with Gasteiger partial charge in [0, 0.05) is 11.5 Å². The van der Waals surface area contributed by atoms with E-state index in [0.29, 0.717) is 5.82 Å². The molecule has 1 unspecified atom stereocenters. The van der Waals surface area contributed by atoms with Gasteiger partial charge in [0.2, 0.25) is 5.89 Å². The first-order chi connectivity index (χ1) is 13.0. The highest BCUT2D eigenvalue weighted by Gasteiger charge is 2.46. The number of hydrogen-bond acceptors (Lipinski definition) is 6. The van der Waals surface area contributed by atoms with Crippen LogP contribution in [0.2, 0.25) is 0 Å². The first-order valence-corrected chi connectivity index (χ1v) is 10.0. The molecule has 1 aliphatic rings. The van der Waals surface area contributed by atoms with Crippen LogP contribution in [0.5, 0.6) is 0 Å². The molecule has 0 aliphatic heterocycles. The molecule has 1 amide bonds. The third-order valence-corrected chi connectivity index (χ3v) is 5.85. The van der Waals surface area contributed by atoms with E-state index in [2.05, 4.69) is 15.5 Å². The van der Waals surface area contributed by atoms with E-state index in [0.717, 1.165) is 37.1 Å². The number of sulfone groups is 1. The summed E-state index contributed by atoms with van der Waals surface area (Å²) < 4.78 is 65.8. The molecule has 1 N–H and O–H groups in total. The van der Waals surface area contributed by atoms with Gasteiger partial charge in [-0.25, -0.2) is 8.42 Å². The number of aromatic nitrogens is 2. The largest absolute Gasteiger partial charge is 0.501 e. The zero-order valence-corrected chi connectivity index (χ0v) is 15.8. The summed E-state index contributed by atoms with van der Waals surface area (Å²) in [7, 11) is -5.46. The van der Waals surface area contributed by atoms with Gasteiger partial charge in [-0.05, 0) is 43.0 Å². The quantitative estimate of drug-likeness (QED) is 0.773. The number of nitrogens with one attached hydrogen (secondary N) is 1. The monoisotopic (exact) mass is 417 g/mol. The zero-order valence-electron chi connectivity index (χ0n) is 15.0. The maximum absolute atomic E-state index is 12.6. The molecule has 3 rings (SSSR count). The summed E-state index contributed by atoms with van der Waals surface area (Å²) in [6, 6.07) is 2.95. The van der Waals surface area contributed by atoms with Crippen LogP contribution in [0.4, 0.5) is 13.2 Å². The lowest BCUT2D eigenvalue weighted by atomic mass is 10.0. The number of halogens is 3. The number of alkyl halides is 3. The van der Waals surface area contributed by atoms with Crippen LogP contribution in [0.3, 0.4) is 0 Å². The van der Waals surface area contributed by atoms with Crippen LogP contribution in [0, 0.1) is 5.92 Å². The highest BCUT2D eigenvalue weighted by molar-refractivity contribution is 7.92. The van der Waals surface area contributed by atoms with Crippen molar-refractivity contribution in [3.8, 4) is 0 Å². The van der Waals surface area contributed by atoms with Crippen LogP contribution in [-0.4, -0.2) is 30.0 Å². The number of rotatable bonds is 6. The predicted octanol–water partition coefficient (Wildman–Crippen LogP) is 3.37. The summed E-state index contributed by atoms with van der Waals surface area (Å²) in [4.78, 5) is 15.9. The molecule has 0 spiro atoms. The van der Waals surface area contributed by atoms with Gasteiger partial charge in [0.1, 0.15) is 6.04 Å². The number of nitrogens with zero attached hydrogens (tertiary/aromatic N) is 2. The van der Waals surface area contributed by atoms with Gasteiger partial charge < -0.3 is 9.84 Å². The predicted molar refractivity (Wildman–Crippen MR) is 91.0 cm³/mol. The lowest BCUT2D eigenvalue weighted by Gasteiger charge is -2.18. The Labute approximate surface area is 159 Å². The van der Waals surface area contributed by atoms with Crippen molar-refractivity contribution in [2.75, 3.05) is 0 Å². The topological polar surface area (TPSA) is 102 Å². The summed E-state index contributed by atoms with van der Waals surface area (Å²) in [5, 5.41) is 6.62. The summed E-state index contributed by atoms with van der Waals surface area (Å²) >= 11 is 0. The number of amides is 1. The van der Waals surface area contributed by atoms with Gasteiger partial charge in [-0.1, -0.05) is 19.0 Å². The van der Waals surface area contributed by atoms with Crippen molar-refractivity contribution in [3.05, 3.63) is 41.5 Å². The molecule has 0 radical (unpaired) electrons. The fourth-order valence-corrected chi connectivity index (χ4v) is 3.30. The molecule has 1 aliphatic carbocycles. The fraction of sp³-hybridized carbons (Fsp3) is 0.471. The second-order valence-electron chi connectivity index (χ2n) is 6.93. The Balaban J connectivity index is 1.76. The maximum atomic E-state index is 12.6. The van der Waals surface area contributed by atoms with Crippen LogP contribution in [0.1, 0.15) is 60.7 Å². The Morgan fingerprint density at radius 2 is 1.82 bits per heavy atom. The van der Waals surface area contributed by atoms with E-state index in [9.17, 15) is 26.4 Å². The molecule has 11 heteroatoms. The SMILES string of the molecule is CC(C)C(NC(=O)c1ccc(S(=O)(=O)C(F)(F)F)cc1)c1nc(C2CC2)no1. The fourth-order valence-electron chi connectivity index (χ4n) is 2.54. The highest BCUT2D eigenvalue weighted by atomic mass is 32.2. The molecule has 0 saturated heterocycles. The molecule has 1 aromatic carbocycles. The maximum Gasteiger partial charge on any atom is 0.501 e. The van der Waals surface area contributed by atoms with E-state index in [-0.39, 0.29) is 23.3 Å². The van der Waals surface area contributed by atoms with Crippen LogP contribution in [-0.2, 0) is 9.84 Å². The molecule has 152 valence electrons. The van der Waals surface area contributed by atoms with Crippen molar-refractivity contribution in [1.82, 2.24) is 15.5 Å². The van der Waals surface area contributed by atoms with Gasteiger partial charge >= 0.3 is 5.51 Å². The van der Waals surface area contributed by atoms with Crippen LogP contribution in [0.25, 0.3) is 0 Å². The van der Waals surface area contributed by atoms with Crippen molar-refractivity contribution in [1.29, 1.82) is 0 Å². The van der Waals surface area contributed by atoms with Crippen molar-refractivity contribution in [2.45, 2.75) is 49.1 Å². The number of carbonyl (C=O) groups excluding carboxylic acids is 1. The molecular formula is C17H18F3N3O4S. The van der Waals surface area contributed by atoms with Gasteiger partial charge in [0.05, 0.1) is 4.90 Å². The Hall–Kier alpha value is -2.43. The minimum absolute atomic E-state index is 0.00806. The Morgan fingerprint density at radius 1 is 1.21 bits per heavy atom. The van der Waals surface area contributed by atoms with E-state index in [1.54, 1.807) is 0 Å². The minimum atomic E-state index is -5.46. The summed E-state index contributed by atoms with van der Waals surface area (Å²) in [5.41, 5.74) is -5.40. The smallest absolute Gasteiger partial charge is 0.340 e. The van der Waals surface area contributed by atoms with Gasteiger partial charge in [0.15, 0.2) is 5.82 Å². The van der Waals surface area contributed by atoms with E-state index in [1.165, 1.54) is 0 Å². The van der Waals surface area contributed by atoms with E-state index in [4.69, 9.17) is 4.52 Å². The number of hydrogen-bond donors (Lipinski definition) is 1. The van der Waals surface area contributed by atoms with E-state index < -0.39 is 32.2 Å². The first kappa shape index (κ1) is 20.3. The molecule has 28 heavy (non-hydrogen) atoms. The standard InChI is InChI=1S/C17H18F3N3O4S/c1-9(2)13(16-22-14(23-27-16)10-3-4-10)21-15(24)11-5-7-12(8-6-11)28(25,26)17(18,19)20/h5-10,13H,3-4H2,1-2H3,(H,21,24). The molecular weight excluding hydrogens is 399 g/mol. The zero-order chi connectivity index (χ0) is 20.7. The third kappa shape index (κ3) is 4.03. The number of carbonyl (C=O) groups is 1. The van der Waals surface area contributed by atoms with E-state index in [1.807, 2.05) is 13.8 Å². The molecule has 7 nitrogen and oxygen atoms in total. The van der Waals surface area contributed by atoms with Crippen LogP contribution >= 0.6 is 0 Å². The third-order valence-electron chi connectivity index (χ3n) is 4.35. The normalized spacial score (nSPS) is 16.2. The average molecular weight is 417 g/mol. The Bertz CT molecular complexity index is 964. The van der Waals surface area contributed by atoms with E-state index >= 15 is 0 Å². The average Bonchev–Trinajstić information content (AvgIpc) is 3.36. The van der Waals surface area contributed by atoms with Crippen molar-refractivity contribution >= 4 is 15.7 Å². The molecule has 0 bridgehead atoms. The van der Waals surface area contributed by atoms with Gasteiger partial charge in [0.25, 0.3) is 15.7 Å². The molecule has 1 fully saturated rings. The van der Waals surface area contributed by atoms with Gasteiger partial charge in [-0.2, -0.15) is 18.2 Å². The van der Waals surface area contributed by atoms with Crippen molar-refractivity contribution in [3.63, 3.8) is 0 Å². The van der Waals surface area contributed by atoms with Crippen molar-refractivity contribution in [2.24, 2.45) is 5.92 Å². The van der Waals surface area contributed by atoms with Gasteiger partial charge in [-0.15, -0.1) is 0 Å². The first-order valence-electron chi connectivity index (χ1n) is 8.56. The summed E-state index contributed by atoms with van der Waals surface area (Å²) in [6.45, 7) is 3.68. The summed E-state index contributed by atoms with van der Waals surface area (Å²) in [6.07, 6.45) is 1.98. The second kappa shape index (κ2) is 7.19. The lowest BCUT2D eigenvalue weighted by Crippen LogP contribution is -2.32. The van der Waals surface area contributed by atoms with Crippen molar-refractivity contribution < 1.29 is 30.9 Å². The minimum Gasteiger partial charge on any atom is -0.340 e. The molecule has 1 saturated carbocycles. The molecule has 2 aromatic rings. The number of benzene rings is 1. The Morgan fingerprint density at radius 3 is 2.32 bits per heavy atom. The molecule has 1 heterocycles. The van der Waals surface area contributed by atoms with Crippen LogP contribution < -0.4 is 5.32 Å². The summed E-state index contributed by atoms with van der Waals surface area (Å²) in [5.74, 6) is 0.435. The molecule has 1 atom stereocenters. The lowest BCUT2D eigenvalue weighted by molar-refractivity contribution is -0.0436. The van der Waals surface area contributed by atoms with Crippen LogP contribution in [0.15, 0.2) is 33.7 Å². The highest BCUT2D eigenvalue weighted by Crippen LogP contribution is 2.38. The van der Waals surface area contributed by atoms with Gasteiger partial charge in [-0.3, -0.25) is 4.79 Å².